The van der Waals surface area contributed by atoms with E-state index >= 15 is 0 Å². The van der Waals surface area contributed by atoms with Crippen molar-refractivity contribution in [3.05, 3.63) is 53.1 Å². The zero-order valence-electron chi connectivity index (χ0n) is 16.7. The summed E-state index contributed by atoms with van der Waals surface area (Å²) in [5, 5.41) is 5.17. The van der Waals surface area contributed by atoms with Crippen LogP contribution in [0, 0.1) is 6.92 Å². The van der Waals surface area contributed by atoms with Crippen molar-refractivity contribution in [3.63, 3.8) is 0 Å². The minimum absolute atomic E-state index is 0.240. The van der Waals surface area contributed by atoms with Gasteiger partial charge in [0.05, 0.1) is 19.8 Å². The predicted octanol–water partition coefficient (Wildman–Crippen LogP) is 2.26. The molecule has 0 aliphatic rings. The molecule has 0 aliphatic carbocycles. The number of nitrogens with two attached hydrogens (primary N) is 1. The first-order valence-corrected chi connectivity index (χ1v) is 9.23. The summed E-state index contributed by atoms with van der Waals surface area (Å²) < 4.78 is 11.0. The third-order valence-corrected chi connectivity index (χ3v) is 4.00. The largest absolute Gasteiger partial charge is 0.490 e. The first-order chi connectivity index (χ1) is 13.8. The highest BCUT2D eigenvalue weighted by molar-refractivity contribution is 6.01. The van der Waals surface area contributed by atoms with Crippen LogP contribution in [-0.2, 0) is 4.79 Å². The molecule has 0 spiro atoms. The maximum absolute atomic E-state index is 12.4. The van der Waals surface area contributed by atoms with Crippen molar-refractivity contribution >= 4 is 23.4 Å². The molecule has 29 heavy (non-hydrogen) atoms. The molecule has 0 heterocycles. The van der Waals surface area contributed by atoms with Crippen molar-refractivity contribution in [1.29, 1.82) is 0 Å². The minimum Gasteiger partial charge on any atom is -0.490 e. The average Bonchev–Trinajstić information content (AvgIpc) is 2.69. The van der Waals surface area contributed by atoms with Crippen molar-refractivity contribution in [2.75, 3.05) is 25.1 Å². The van der Waals surface area contributed by atoms with E-state index in [0.29, 0.717) is 47.1 Å². The minimum atomic E-state index is -0.576. The van der Waals surface area contributed by atoms with Crippen LogP contribution >= 0.6 is 0 Å². The van der Waals surface area contributed by atoms with Gasteiger partial charge in [-0.1, -0.05) is 6.07 Å². The Morgan fingerprint density at radius 1 is 0.966 bits per heavy atom. The van der Waals surface area contributed by atoms with Crippen molar-refractivity contribution < 1.29 is 23.9 Å². The highest BCUT2D eigenvalue weighted by atomic mass is 16.5. The molecule has 0 unspecified atom stereocenters. The normalized spacial score (nSPS) is 10.2. The maximum atomic E-state index is 12.4. The maximum Gasteiger partial charge on any atom is 0.251 e. The standard InChI is InChI=1S/C21H25N3O5/c1-4-28-17-9-7-14(10-18(17)29-5-2)21(27)23-12-19(25)24-15-8-6-13(3)16(11-15)20(22)26/h6-11H,4-5,12H2,1-3H3,(H2,22,26)(H,23,27)(H,24,25). The lowest BCUT2D eigenvalue weighted by Crippen LogP contribution is -2.33. The summed E-state index contributed by atoms with van der Waals surface area (Å²) in [4.78, 5) is 35.9. The first-order valence-electron chi connectivity index (χ1n) is 9.23. The van der Waals surface area contributed by atoms with Crippen LogP contribution in [0.1, 0.15) is 40.1 Å². The molecule has 0 atom stereocenters. The Balaban J connectivity index is 2.00. The van der Waals surface area contributed by atoms with Crippen molar-refractivity contribution in [1.82, 2.24) is 5.32 Å². The molecular formula is C21H25N3O5. The van der Waals surface area contributed by atoms with Crippen LogP contribution in [0.25, 0.3) is 0 Å². The molecule has 2 aromatic carbocycles. The Morgan fingerprint density at radius 2 is 1.66 bits per heavy atom. The summed E-state index contributed by atoms with van der Waals surface area (Å²) in [6, 6.07) is 9.66. The van der Waals surface area contributed by atoms with Gasteiger partial charge >= 0.3 is 0 Å². The van der Waals surface area contributed by atoms with Gasteiger partial charge in [0.15, 0.2) is 11.5 Å². The number of benzene rings is 2. The number of anilines is 1. The molecule has 154 valence electrons. The van der Waals surface area contributed by atoms with Crippen LogP contribution in [0.4, 0.5) is 5.69 Å². The van der Waals surface area contributed by atoms with E-state index in [1.165, 1.54) is 6.07 Å². The summed E-state index contributed by atoms with van der Waals surface area (Å²) in [5.41, 5.74) is 7.11. The Hall–Kier alpha value is -3.55. The topological polar surface area (TPSA) is 120 Å². The van der Waals surface area contributed by atoms with Gasteiger partial charge in [0, 0.05) is 16.8 Å². The predicted molar refractivity (Wildman–Crippen MR) is 109 cm³/mol. The van der Waals surface area contributed by atoms with E-state index in [1.54, 1.807) is 37.3 Å². The van der Waals surface area contributed by atoms with Crippen LogP contribution in [0.15, 0.2) is 36.4 Å². The number of amides is 3. The van der Waals surface area contributed by atoms with Gasteiger partial charge in [0.25, 0.3) is 5.91 Å². The number of hydrogen-bond acceptors (Lipinski definition) is 5. The van der Waals surface area contributed by atoms with E-state index < -0.39 is 17.7 Å². The van der Waals surface area contributed by atoms with Crippen LogP contribution in [0.5, 0.6) is 11.5 Å². The Labute approximate surface area is 169 Å². The van der Waals surface area contributed by atoms with Crippen LogP contribution in [0.3, 0.4) is 0 Å². The zero-order chi connectivity index (χ0) is 21.4. The summed E-state index contributed by atoms with van der Waals surface area (Å²) in [7, 11) is 0. The van der Waals surface area contributed by atoms with Gasteiger partial charge in [-0.3, -0.25) is 14.4 Å². The molecule has 0 aliphatic heterocycles. The quantitative estimate of drug-likeness (QED) is 0.597. The average molecular weight is 399 g/mol. The number of primary amides is 1. The van der Waals surface area contributed by atoms with Crippen LogP contribution < -0.4 is 25.8 Å². The monoisotopic (exact) mass is 399 g/mol. The first kappa shape index (κ1) is 21.7. The van der Waals surface area contributed by atoms with Gasteiger partial charge in [-0.15, -0.1) is 0 Å². The Kier molecular flexibility index (Phi) is 7.59. The lowest BCUT2D eigenvalue weighted by atomic mass is 10.1. The van der Waals surface area contributed by atoms with E-state index in [4.69, 9.17) is 15.2 Å². The molecule has 0 aromatic heterocycles. The fraction of sp³-hybridized carbons (Fsp3) is 0.286. The molecule has 2 aromatic rings. The van der Waals surface area contributed by atoms with Gasteiger partial charge in [0.1, 0.15) is 0 Å². The second-order valence-corrected chi connectivity index (χ2v) is 6.15. The van der Waals surface area contributed by atoms with Gasteiger partial charge < -0.3 is 25.8 Å². The Morgan fingerprint density at radius 3 is 2.31 bits per heavy atom. The van der Waals surface area contributed by atoms with E-state index in [-0.39, 0.29) is 6.54 Å². The van der Waals surface area contributed by atoms with E-state index in [9.17, 15) is 14.4 Å². The van der Waals surface area contributed by atoms with Crippen molar-refractivity contribution in [2.24, 2.45) is 5.73 Å². The lowest BCUT2D eigenvalue weighted by molar-refractivity contribution is -0.115. The SMILES string of the molecule is CCOc1ccc(C(=O)NCC(=O)Nc2ccc(C)c(C(N)=O)c2)cc1OCC. The lowest BCUT2D eigenvalue weighted by Gasteiger charge is -2.12. The van der Waals surface area contributed by atoms with Crippen molar-refractivity contribution in [3.8, 4) is 11.5 Å². The number of ether oxygens (including phenoxy) is 2. The second-order valence-electron chi connectivity index (χ2n) is 6.15. The van der Waals surface area contributed by atoms with Gasteiger partial charge in [0.2, 0.25) is 11.8 Å². The molecule has 4 N–H and O–H groups in total. The zero-order valence-corrected chi connectivity index (χ0v) is 16.7. The summed E-state index contributed by atoms with van der Waals surface area (Å²) in [6.07, 6.45) is 0. The van der Waals surface area contributed by atoms with Crippen LogP contribution in [-0.4, -0.2) is 37.5 Å². The number of nitrogens with one attached hydrogen (secondary N) is 2. The molecule has 0 fully saturated rings. The molecule has 8 heteroatoms. The fourth-order valence-electron chi connectivity index (χ4n) is 2.63. The number of carbonyl (C=O) groups excluding carboxylic acids is 3. The molecule has 0 saturated heterocycles. The third kappa shape index (κ3) is 5.97. The number of rotatable bonds is 9. The fourth-order valence-corrected chi connectivity index (χ4v) is 2.63. The smallest absolute Gasteiger partial charge is 0.251 e. The summed E-state index contributed by atoms with van der Waals surface area (Å²) >= 11 is 0. The van der Waals surface area contributed by atoms with E-state index in [2.05, 4.69) is 10.6 Å². The summed E-state index contributed by atoms with van der Waals surface area (Å²) in [5.74, 6) is -0.426. The molecule has 0 radical (unpaired) electrons. The molecule has 0 bridgehead atoms. The third-order valence-electron chi connectivity index (χ3n) is 4.00. The van der Waals surface area contributed by atoms with E-state index in [0.717, 1.165) is 0 Å². The molecule has 3 amide bonds. The van der Waals surface area contributed by atoms with E-state index in [1.807, 2.05) is 13.8 Å². The highest BCUT2D eigenvalue weighted by Gasteiger charge is 2.13. The van der Waals surface area contributed by atoms with Crippen molar-refractivity contribution in [2.45, 2.75) is 20.8 Å². The number of carbonyl (C=O) groups is 3. The summed E-state index contributed by atoms with van der Waals surface area (Å²) in [6.45, 7) is 6.10. The van der Waals surface area contributed by atoms with Gasteiger partial charge in [-0.2, -0.15) is 0 Å². The van der Waals surface area contributed by atoms with Crippen LogP contribution in [0.2, 0.25) is 0 Å². The highest BCUT2D eigenvalue weighted by Crippen LogP contribution is 2.28. The molecular weight excluding hydrogens is 374 g/mol. The molecule has 2 rings (SSSR count). The molecule has 8 nitrogen and oxygen atoms in total. The second kappa shape index (κ2) is 10.1. The van der Waals surface area contributed by atoms with Gasteiger partial charge in [-0.25, -0.2) is 0 Å². The molecule has 0 saturated carbocycles. The van der Waals surface area contributed by atoms with Gasteiger partial charge in [-0.05, 0) is 56.7 Å². The number of aryl methyl sites for hydroxylation is 1. The Bertz CT molecular complexity index is 911. The number of hydrogen-bond donors (Lipinski definition) is 3.